The number of aryl methyl sites for hydroxylation is 2. The third-order valence-corrected chi connectivity index (χ3v) is 5.05. The van der Waals surface area contributed by atoms with Gasteiger partial charge in [0.05, 0.1) is 0 Å². The van der Waals surface area contributed by atoms with Crippen LogP contribution in [0.2, 0.25) is 5.02 Å². The van der Waals surface area contributed by atoms with Crippen LogP contribution in [0.25, 0.3) is 0 Å². The van der Waals surface area contributed by atoms with E-state index < -0.39 is 11.9 Å². The molecule has 0 spiro atoms. The number of allylic oxidation sites excluding steroid dienone is 1. The van der Waals surface area contributed by atoms with E-state index in [2.05, 4.69) is 26.0 Å². The number of nitrogens with zero attached hydrogens (tertiary/aromatic N) is 4. The van der Waals surface area contributed by atoms with Crippen molar-refractivity contribution in [1.29, 1.82) is 0 Å². The van der Waals surface area contributed by atoms with Crippen LogP contribution in [0, 0.1) is 6.92 Å². The molecule has 3 N–H and O–H groups in total. The maximum Gasteiger partial charge on any atom is 0.324 e. The van der Waals surface area contributed by atoms with Crippen LogP contribution in [0.3, 0.4) is 0 Å². The van der Waals surface area contributed by atoms with Gasteiger partial charge in [0.25, 0.3) is 5.91 Å². The zero-order chi connectivity index (χ0) is 23.8. The first-order valence-electron chi connectivity index (χ1n) is 10.00. The molecule has 0 aliphatic heterocycles. The maximum absolute atomic E-state index is 12.7. The van der Waals surface area contributed by atoms with Crippen LogP contribution in [-0.2, 0) is 13.1 Å². The molecule has 0 aliphatic carbocycles. The van der Waals surface area contributed by atoms with Crippen molar-refractivity contribution in [2.75, 3.05) is 17.2 Å². The van der Waals surface area contributed by atoms with Gasteiger partial charge in [0, 0.05) is 48.9 Å². The molecule has 0 atom stereocenters. The topological polar surface area (TPSA) is 106 Å². The molecule has 0 fully saturated rings. The number of urea groups is 1. The average molecular weight is 511 g/mol. The van der Waals surface area contributed by atoms with E-state index in [-0.39, 0.29) is 22.7 Å². The third-order valence-electron chi connectivity index (χ3n) is 4.51. The van der Waals surface area contributed by atoms with Crippen molar-refractivity contribution in [3.63, 3.8) is 0 Å². The summed E-state index contributed by atoms with van der Waals surface area (Å²) in [5.41, 5.74) is 1.41. The molecule has 1 aromatic carbocycles. The minimum Gasteiger partial charge on any atom is -0.349 e. The molecule has 0 radical (unpaired) electrons. The van der Waals surface area contributed by atoms with Gasteiger partial charge in [-0.25, -0.2) is 9.78 Å². The number of carbonyl (C=O) groups excluding carboxylic acids is 2. The van der Waals surface area contributed by atoms with Crippen LogP contribution in [0.4, 0.5) is 16.3 Å². The Morgan fingerprint density at radius 2 is 2.03 bits per heavy atom. The number of imidazole rings is 1. The molecular weight excluding hydrogens is 489 g/mol. The monoisotopic (exact) mass is 509 g/mol. The van der Waals surface area contributed by atoms with Crippen LogP contribution < -0.4 is 16.0 Å². The molecule has 0 saturated carbocycles. The number of amides is 3. The molecule has 174 valence electrons. The maximum atomic E-state index is 12.7. The Morgan fingerprint density at radius 3 is 2.73 bits per heavy atom. The van der Waals surface area contributed by atoms with Crippen molar-refractivity contribution >= 4 is 58.2 Å². The normalized spacial score (nSPS) is 10.5. The van der Waals surface area contributed by atoms with Crippen molar-refractivity contribution in [3.8, 4) is 0 Å². The van der Waals surface area contributed by atoms with Crippen molar-refractivity contribution in [1.82, 2.24) is 24.6 Å². The SMILES string of the molecule is Cc1cc(Cl)ccc1NC(=O)Nc1cn(CC=C(Cl)Cl)c(C(=O)NCCCn2cccn2)n1. The fraction of sp³-hybridized carbons (Fsp3) is 0.238. The number of hydrogen-bond donors (Lipinski definition) is 3. The quantitative estimate of drug-likeness (QED) is 0.359. The average Bonchev–Trinajstić information content (AvgIpc) is 3.41. The standard InChI is InChI=1S/C21H22Cl3N7O2/c1-14-12-15(22)4-5-16(14)27-21(33)29-18-13-30(11-6-17(23)24)19(28-18)20(32)25-7-2-9-31-10-3-8-26-31/h3-6,8,10,12-13H,2,7,9,11H2,1H3,(H,25,32)(H2,27,29,33). The highest BCUT2D eigenvalue weighted by Crippen LogP contribution is 2.20. The molecule has 3 aromatic rings. The molecule has 0 aliphatic rings. The summed E-state index contributed by atoms with van der Waals surface area (Å²) in [6.45, 7) is 3.12. The number of halogens is 3. The van der Waals surface area contributed by atoms with Crippen LogP contribution in [0.15, 0.2) is 53.4 Å². The molecule has 3 rings (SSSR count). The second-order valence-electron chi connectivity index (χ2n) is 7.01. The zero-order valence-electron chi connectivity index (χ0n) is 17.7. The Bertz CT molecular complexity index is 1140. The van der Waals surface area contributed by atoms with Gasteiger partial charge in [0.2, 0.25) is 5.82 Å². The van der Waals surface area contributed by atoms with Gasteiger partial charge in [-0.15, -0.1) is 0 Å². The second kappa shape index (κ2) is 11.7. The Kier molecular flexibility index (Phi) is 8.76. The minimum atomic E-state index is -0.512. The Hall–Kier alpha value is -3.01. The minimum absolute atomic E-state index is 0.0553. The van der Waals surface area contributed by atoms with Gasteiger partial charge in [-0.2, -0.15) is 5.10 Å². The van der Waals surface area contributed by atoms with Crippen LogP contribution in [-0.4, -0.2) is 37.8 Å². The molecule has 2 aromatic heterocycles. The highest BCUT2D eigenvalue weighted by atomic mass is 35.5. The molecule has 0 saturated heterocycles. The number of rotatable bonds is 9. The summed E-state index contributed by atoms with van der Waals surface area (Å²) in [6, 6.07) is 6.44. The largest absolute Gasteiger partial charge is 0.349 e. The number of aromatic nitrogens is 4. The summed E-state index contributed by atoms with van der Waals surface area (Å²) in [4.78, 5) is 29.4. The van der Waals surface area contributed by atoms with Crippen molar-refractivity contribution in [3.05, 3.63) is 69.8 Å². The number of carbonyl (C=O) groups is 2. The lowest BCUT2D eigenvalue weighted by Crippen LogP contribution is -2.28. The molecule has 0 unspecified atom stereocenters. The Balaban J connectivity index is 1.65. The van der Waals surface area contributed by atoms with Gasteiger partial charge in [0.15, 0.2) is 5.82 Å². The lowest BCUT2D eigenvalue weighted by molar-refractivity contribution is 0.0938. The van der Waals surface area contributed by atoms with E-state index >= 15 is 0 Å². The van der Waals surface area contributed by atoms with E-state index in [0.29, 0.717) is 30.2 Å². The predicted molar refractivity (Wildman–Crippen MR) is 130 cm³/mol. The third kappa shape index (κ3) is 7.52. The van der Waals surface area contributed by atoms with Crippen molar-refractivity contribution in [2.24, 2.45) is 0 Å². The van der Waals surface area contributed by atoms with Gasteiger partial charge in [-0.05, 0) is 49.2 Å². The predicted octanol–water partition coefficient (Wildman–Crippen LogP) is 4.82. The second-order valence-corrected chi connectivity index (χ2v) is 8.46. The highest BCUT2D eigenvalue weighted by molar-refractivity contribution is 6.55. The van der Waals surface area contributed by atoms with Crippen LogP contribution in [0.5, 0.6) is 0 Å². The highest BCUT2D eigenvalue weighted by Gasteiger charge is 2.17. The number of hydrogen-bond acceptors (Lipinski definition) is 4. The van der Waals surface area contributed by atoms with E-state index in [0.717, 1.165) is 5.56 Å². The summed E-state index contributed by atoms with van der Waals surface area (Å²) in [5, 5.41) is 12.9. The van der Waals surface area contributed by atoms with Gasteiger partial charge >= 0.3 is 6.03 Å². The molecule has 2 heterocycles. The molecule has 9 nitrogen and oxygen atoms in total. The summed E-state index contributed by atoms with van der Waals surface area (Å²) in [5.74, 6) is -0.0886. The first-order valence-corrected chi connectivity index (χ1v) is 11.1. The zero-order valence-corrected chi connectivity index (χ0v) is 20.0. The van der Waals surface area contributed by atoms with E-state index in [9.17, 15) is 9.59 Å². The van der Waals surface area contributed by atoms with Crippen LogP contribution >= 0.6 is 34.8 Å². The van der Waals surface area contributed by atoms with Gasteiger partial charge in [-0.3, -0.25) is 14.8 Å². The molecule has 3 amide bonds. The van der Waals surface area contributed by atoms with E-state index in [1.807, 2.05) is 19.2 Å². The lowest BCUT2D eigenvalue weighted by Gasteiger charge is -2.08. The fourth-order valence-electron chi connectivity index (χ4n) is 2.96. The Morgan fingerprint density at radius 1 is 1.21 bits per heavy atom. The fourth-order valence-corrected chi connectivity index (χ4v) is 3.32. The van der Waals surface area contributed by atoms with Gasteiger partial charge in [0.1, 0.15) is 4.49 Å². The number of anilines is 2. The number of nitrogens with one attached hydrogen (secondary N) is 3. The summed E-state index contributed by atoms with van der Waals surface area (Å²) < 4.78 is 3.37. The van der Waals surface area contributed by atoms with Crippen molar-refractivity contribution < 1.29 is 9.59 Å². The number of benzene rings is 1. The summed E-state index contributed by atoms with van der Waals surface area (Å²) in [7, 11) is 0. The van der Waals surface area contributed by atoms with E-state index in [4.69, 9.17) is 34.8 Å². The molecule has 12 heteroatoms. The summed E-state index contributed by atoms with van der Waals surface area (Å²) in [6.07, 6.45) is 7.28. The molecular formula is C21H22Cl3N7O2. The van der Waals surface area contributed by atoms with Gasteiger partial charge < -0.3 is 15.2 Å². The summed E-state index contributed by atoms with van der Waals surface area (Å²) >= 11 is 17.4. The van der Waals surface area contributed by atoms with Gasteiger partial charge in [-0.1, -0.05) is 34.8 Å². The van der Waals surface area contributed by atoms with Crippen LogP contribution in [0.1, 0.15) is 22.6 Å². The molecule has 0 bridgehead atoms. The lowest BCUT2D eigenvalue weighted by atomic mass is 10.2. The van der Waals surface area contributed by atoms with E-state index in [1.54, 1.807) is 29.1 Å². The first-order chi connectivity index (χ1) is 15.8. The van der Waals surface area contributed by atoms with Crippen molar-refractivity contribution in [2.45, 2.75) is 26.4 Å². The molecule has 33 heavy (non-hydrogen) atoms. The van der Waals surface area contributed by atoms with E-state index in [1.165, 1.54) is 16.8 Å². The first kappa shape index (κ1) is 24.6. The Labute approximate surface area is 205 Å². The smallest absolute Gasteiger partial charge is 0.324 e.